The molecule has 0 saturated carbocycles. The maximum absolute atomic E-state index is 12.3. The van der Waals surface area contributed by atoms with Crippen LogP contribution in [0.5, 0.6) is 0 Å². The molecule has 0 spiro atoms. The highest BCUT2D eigenvalue weighted by molar-refractivity contribution is 7.89. The number of carboxylic acid groups (broad SMARTS) is 1. The first-order valence-corrected chi connectivity index (χ1v) is 9.17. The molecule has 0 aromatic heterocycles. The van der Waals surface area contributed by atoms with Gasteiger partial charge in [-0.15, -0.1) is 0 Å². The van der Waals surface area contributed by atoms with Crippen molar-refractivity contribution in [2.24, 2.45) is 0 Å². The highest BCUT2D eigenvalue weighted by Crippen LogP contribution is 2.22. The minimum atomic E-state index is -3.69. The van der Waals surface area contributed by atoms with Crippen LogP contribution in [0.15, 0.2) is 53.4 Å². The van der Waals surface area contributed by atoms with Crippen molar-refractivity contribution >= 4 is 27.6 Å². The number of aryl methyl sites for hydroxylation is 1. The van der Waals surface area contributed by atoms with Crippen molar-refractivity contribution in [1.82, 2.24) is 4.72 Å². The smallest absolute Gasteiger partial charge is 0.304 e. The lowest BCUT2D eigenvalue weighted by Crippen LogP contribution is -2.29. The molecular weight excluding hydrogens is 350 g/mol. The molecule has 0 aliphatic carbocycles. The number of hydrogen-bond donors (Lipinski definition) is 2. The van der Waals surface area contributed by atoms with E-state index >= 15 is 0 Å². The normalized spacial score (nSPS) is 12.8. The molecule has 2 N–H and O–H groups in total. The van der Waals surface area contributed by atoms with Gasteiger partial charge >= 0.3 is 5.97 Å². The molecule has 7 heteroatoms. The molecule has 24 heavy (non-hydrogen) atoms. The molecule has 0 radical (unpaired) electrons. The Morgan fingerprint density at radius 3 is 2.25 bits per heavy atom. The zero-order valence-electron chi connectivity index (χ0n) is 13.1. The predicted octanol–water partition coefficient (Wildman–Crippen LogP) is 3.19. The fourth-order valence-electron chi connectivity index (χ4n) is 2.26. The molecule has 1 atom stereocenters. The van der Waals surface area contributed by atoms with Crippen LogP contribution < -0.4 is 4.72 Å². The first-order chi connectivity index (χ1) is 11.3. The number of carbonyl (C=O) groups is 1. The molecule has 0 amide bonds. The van der Waals surface area contributed by atoms with Crippen molar-refractivity contribution in [2.45, 2.75) is 24.2 Å². The Hall–Kier alpha value is -1.89. The van der Waals surface area contributed by atoms with Crippen LogP contribution in [0.1, 0.15) is 23.5 Å². The second kappa shape index (κ2) is 7.79. The lowest BCUT2D eigenvalue weighted by molar-refractivity contribution is -0.137. The van der Waals surface area contributed by atoms with Gasteiger partial charge in [-0.05, 0) is 36.8 Å². The van der Waals surface area contributed by atoms with Crippen molar-refractivity contribution in [3.8, 4) is 0 Å². The van der Waals surface area contributed by atoms with Gasteiger partial charge in [0.25, 0.3) is 0 Å². The third kappa shape index (κ3) is 5.06. The Bertz CT molecular complexity index is 801. The number of hydrogen-bond acceptors (Lipinski definition) is 3. The van der Waals surface area contributed by atoms with E-state index in [1.807, 2.05) is 6.92 Å². The Labute approximate surface area is 146 Å². The highest BCUT2D eigenvalue weighted by Gasteiger charge is 2.20. The van der Waals surface area contributed by atoms with Crippen molar-refractivity contribution in [3.05, 3.63) is 64.7 Å². The Morgan fingerprint density at radius 1 is 1.12 bits per heavy atom. The summed E-state index contributed by atoms with van der Waals surface area (Å²) in [4.78, 5) is 11.2. The van der Waals surface area contributed by atoms with Crippen molar-refractivity contribution in [1.29, 1.82) is 0 Å². The average molecular weight is 368 g/mol. The molecule has 0 saturated heterocycles. The summed E-state index contributed by atoms with van der Waals surface area (Å²) >= 11 is 5.84. The van der Waals surface area contributed by atoms with Gasteiger partial charge < -0.3 is 5.11 Å². The molecule has 0 aliphatic heterocycles. The second-order valence-electron chi connectivity index (χ2n) is 5.51. The molecular formula is C17H18ClNO4S. The quantitative estimate of drug-likeness (QED) is 0.787. The van der Waals surface area contributed by atoms with Gasteiger partial charge in [-0.3, -0.25) is 4.79 Å². The first kappa shape index (κ1) is 18.4. The number of sulfonamides is 1. The van der Waals surface area contributed by atoms with Gasteiger partial charge in [0.05, 0.1) is 11.3 Å². The van der Waals surface area contributed by atoms with Crippen molar-refractivity contribution in [3.63, 3.8) is 0 Å². The molecule has 0 heterocycles. The summed E-state index contributed by atoms with van der Waals surface area (Å²) in [6, 6.07) is 13.2. The zero-order chi connectivity index (χ0) is 17.7. The molecule has 128 valence electrons. The number of nitrogens with one attached hydrogen (secondary N) is 1. The molecule has 2 aromatic carbocycles. The topological polar surface area (TPSA) is 83.5 Å². The Morgan fingerprint density at radius 2 is 1.71 bits per heavy atom. The van der Waals surface area contributed by atoms with Crippen LogP contribution in [-0.2, 0) is 14.8 Å². The lowest BCUT2D eigenvalue weighted by atomic mass is 9.96. The number of benzene rings is 2. The molecule has 2 aromatic rings. The Balaban J connectivity index is 2.16. The van der Waals surface area contributed by atoms with E-state index in [0.717, 1.165) is 5.56 Å². The number of aliphatic carboxylic acids is 1. The number of halogens is 1. The van der Waals surface area contributed by atoms with Crippen LogP contribution in [0.3, 0.4) is 0 Å². The summed E-state index contributed by atoms with van der Waals surface area (Å²) in [7, 11) is -3.69. The zero-order valence-corrected chi connectivity index (χ0v) is 14.6. The standard InChI is InChI=1S/C17H18ClNO4S/c1-12-2-8-16(9-3-12)24(22,23)19-11-14(10-17(20)21)13-4-6-15(18)7-5-13/h2-9,14,19H,10-11H2,1H3,(H,20,21). The van der Waals surface area contributed by atoms with Crippen LogP contribution in [0, 0.1) is 6.92 Å². The molecule has 5 nitrogen and oxygen atoms in total. The van der Waals surface area contributed by atoms with E-state index in [4.69, 9.17) is 16.7 Å². The van der Waals surface area contributed by atoms with Crippen molar-refractivity contribution < 1.29 is 18.3 Å². The van der Waals surface area contributed by atoms with E-state index in [-0.39, 0.29) is 17.9 Å². The van der Waals surface area contributed by atoms with E-state index in [1.165, 1.54) is 12.1 Å². The SMILES string of the molecule is Cc1ccc(S(=O)(=O)NCC(CC(=O)O)c2ccc(Cl)cc2)cc1. The van der Waals surface area contributed by atoms with Gasteiger partial charge in [-0.2, -0.15) is 0 Å². The van der Waals surface area contributed by atoms with Gasteiger partial charge in [0.15, 0.2) is 0 Å². The van der Waals surface area contributed by atoms with Crippen molar-refractivity contribution in [2.75, 3.05) is 6.54 Å². The van der Waals surface area contributed by atoms with E-state index in [9.17, 15) is 13.2 Å². The second-order valence-corrected chi connectivity index (χ2v) is 7.71. The summed E-state index contributed by atoms with van der Waals surface area (Å²) in [6.07, 6.45) is -0.182. The first-order valence-electron chi connectivity index (χ1n) is 7.31. The lowest BCUT2D eigenvalue weighted by Gasteiger charge is -2.16. The van der Waals surface area contributed by atoms with Crippen LogP contribution in [-0.4, -0.2) is 26.0 Å². The van der Waals surface area contributed by atoms with E-state index in [0.29, 0.717) is 10.6 Å². The predicted molar refractivity (Wildman–Crippen MR) is 92.8 cm³/mol. The summed E-state index contributed by atoms with van der Waals surface area (Å²) in [5, 5.41) is 9.61. The minimum Gasteiger partial charge on any atom is -0.481 e. The average Bonchev–Trinajstić information content (AvgIpc) is 2.52. The maximum Gasteiger partial charge on any atom is 0.304 e. The fraction of sp³-hybridized carbons (Fsp3) is 0.235. The van der Waals surface area contributed by atoms with Gasteiger partial charge in [0, 0.05) is 17.5 Å². The van der Waals surface area contributed by atoms with E-state index in [1.54, 1.807) is 36.4 Å². The van der Waals surface area contributed by atoms with E-state index < -0.39 is 21.9 Å². The number of carboxylic acids is 1. The van der Waals surface area contributed by atoms with Gasteiger partial charge in [0.2, 0.25) is 10.0 Å². The summed E-state index contributed by atoms with van der Waals surface area (Å²) in [5.74, 6) is -1.48. The summed E-state index contributed by atoms with van der Waals surface area (Å²) in [6.45, 7) is 1.86. The molecule has 0 bridgehead atoms. The Kier molecular flexibility index (Phi) is 5.99. The third-order valence-electron chi connectivity index (χ3n) is 3.61. The highest BCUT2D eigenvalue weighted by atomic mass is 35.5. The van der Waals surface area contributed by atoms with Gasteiger partial charge in [-0.25, -0.2) is 13.1 Å². The van der Waals surface area contributed by atoms with Crippen LogP contribution in [0.2, 0.25) is 5.02 Å². The fourth-order valence-corrected chi connectivity index (χ4v) is 3.47. The minimum absolute atomic E-state index is 0.00978. The molecule has 0 fully saturated rings. The van der Waals surface area contributed by atoms with Crippen LogP contribution in [0.4, 0.5) is 0 Å². The van der Waals surface area contributed by atoms with E-state index in [2.05, 4.69) is 4.72 Å². The molecule has 1 unspecified atom stereocenters. The third-order valence-corrected chi connectivity index (χ3v) is 5.30. The van der Waals surface area contributed by atoms with Crippen LogP contribution in [0.25, 0.3) is 0 Å². The van der Waals surface area contributed by atoms with Gasteiger partial charge in [0.1, 0.15) is 0 Å². The maximum atomic E-state index is 12.3. The summed E-state index contributed by atoms with van der Waals surface area (Å²) < 4.78 is 27.2. The van der Waals surface area contributed by atoms with Crippen LogP contribution >= 0.6 is 11.6 Å². The monoisotopic (exact) mass is 367 g/mol. The van der Waals surface area contributed by atoms with Gasteiger partial charge in [-0.1, -0.05) is 41.4 Å². The largest absolute Gasteiger partial charge is 0.481 e. The number of rotatable bonds is 7. The molecule has 0 aliphatic rings. The summed E-state index contributed by atoms with van der Waals surface area (Å²) in [5.41, 5.74) is 1.67. The molecule has 2 rings (SSSR count).